The van der Waals surface area contributed by atoms with E-state index in [9.17, 15) is 0 Å². The fraction of sp³-hybridized carbons (Fsp3) is 0.545. The zero-order chi connectivity index (χ0) is 18.0. The Morgan fingerprint density at radius 1 is 0.815 bits per heavy atom. The molecule has 1 aromatic carbocycles. The minimum Gasteiger partial charge on any atom is -1.00 e. The molecular weight excluding hydrogens is 447 g/mol. The first-order chi connectivity index (χ1) is 11.3. The molecule has 0 radical (unpaired) electrons. The van der Waals surface area contributed by atoms with Crippen LogP contribution in [0, 0.1) is 34.6 Å². The number of benzene rings is 1. The van der Waals surface area contributed by atoms with E-state index >= 15 is 0 Å². The van der Waals surface area contributed by atoms with Gasteiger partial charge in [-0.2, -0.15) is 0 Å². The molecule has 1 unspecified atom stereocenters. The summed E-state index contributed by atoms with van der Waals surface area (Å²) in [5.41, 5.74) is 9.31. The largest absolute Gasteiger partial charge is 1.00 e. The molecule has 0 aliphatic heterocycles. The third-order valence-corrected chi connectivity index (χ3v) is 11.5. The van der Waals surface area contributed by atoms with Crippen molar-refractivity contribution in [3.05, 3.63) is 48.5 Å². The van der Waals surface area contributed by atoms with E-state index in [1.54, 1.807) is 31.0 Å². The van der Waals surface area contributed by atoms with E-state index in [2.05, 4.69) is 75.0 Å². The maximum Gasteiger partial charge on any atom is -1.00 e. The molecule has 1 aromatic rings. The topological polar surface area (TPSA) is 0 Å². The zero-order valence-corrected chi connectivity index (χ0v) is 22.8. The molecule has 5 heteroatoms. The molecule has 1 aliphatic rings. The number of halogens is 3. The van der Waals surface area contributed by atoms with Gasteiger partial charge in [-0.3, -0.25) is 0 Å². The normalized spacial score (nSPS) is 14.2. The Morgan fingerprint density at radius 2 is 1.30 bits per heavy atom. The average Bonchev–Trinajstić information content (AvgIpc) is 2.88. The first kappa shape index (κ1) is 29.7. The van der Waals surface area contributed by atoms with Crippen LogP contribution in [0.4, 0.5) is 0 Å². The molecule has 0 fully saturated rings. The van der Waals surface area contributed by atoms with Gasteiger partial charge in [-0.05, 0) is 0 Å². The van der Waals surface area contributed by atoms with Crippen molar-refractivity contribution >= 4 is 14.0 Å². The molecule has 0 saturated carbocycles. The van der Waals surface area contributed by atoms with Crippen LogP contribution in [-0.2, 0) is 20.4 Å². The summed E-state index contributed by atoms with van der Waals surface area (Å²) in [5.74, 6) is 0. The third-order valence-electron chi connectivity index (χ3n) is 6.21. The van der Waals surface area contributed by atoms with Gasteiger partial charge in [-0.1, -0.05) is 0 Å². The minimum absolute atomic E-state index is 0. The minimum atomic E-state index is -1.14. The van der Waals surface area contributed by atoms with E-state index in [1.807, 2.05) is 0 Å². The van der Waals surface area contributed by atoms with Crippen LogP contribution in [-0.4, -0.2) is 8.80 Å². The van der Waals surface area contributed by atoms with Crippen LogP contribution in [0.3, 0.4) is 0 Å². The van der Waals surface area contributed by atoms with Gasteiger partial charge >= 0.3 is 163 Å². The molecule has 1 atom stereocenters. The summed E-state index contributed by atoms with van der Waals surface area (Å²) in [6.45, 7) is 16.4. The molecule has 2 rings (SSSR count). The molecule has 150 valence electrons. The van der Waals surface area contributed by atoms with Crippen molar-refractivity contribution < 1.29 is 57.7 Å². The van der Waals surface area contributed by atoms with Crippen LogP contribution >= 0.6 is 0 Å². The monoisotopic (exact) mass is 478 g/mol. The van der Waals surface area contributed by atoms with Crippen LogP contribution in [0.1, 0.15) is 67.3 Å². The Balaban J connectivity index is 0. The molecule has 1 aliphatic carbocycles. The smallest absolute Gasteiger partial charge is 1.00 e. The molecule has 0 saturated heterocycles. The van der Waals surface area contributed by atoms with Crippen molar-refractivity contribution in [1.29, 1.82) is 0 Å². The summed E-state index contributed by atoms with van der Waals surface area (Å²) in [4.78, 5) is 0. The maximum absolute atomic E-state index is 2.46. The van der Waals surface area contributed by atoms with E-state index in [-0.39, 0.29) is 37.2 Å². The quantitative estimate of drug-likeness (QED) is 0.294. The Kier molecular flexibility index (Phi) is 14.2. The van der Waals surface area contributed by atoms with Gasteiger partial charge in [0.2, 0.25) is 0 Å². The first-order valence-corrected chi connectivity index (χ1v) is 12.2. The number of allylic oxidation sites excluding steroid dienone is 4. The van der Waals surface area contributed by atoms with E-state index in [4.69, 9.17) is 0 Å². The van der Waals surface area contributed by atoms with E-state index in [0.717, 1.165) is 0 Å². The number of unbranched alkanes of at least 4 members (excludes halogenated alkanes) is 2. The summed E-state index contributed by atoms with van der Waals surface area (Å²) in [6.07, 6.45) is 7.73. The van der Waals surface area contributed by atoms with Crippen LogP contribution < -0.4 is 42.4 Å². The molecule has 27 heavy (non-hydrogen) atoms. The second kappa shape index (κ2) is 12.9. The van der Waals surface area contributed by atoms with Crippen LogP contribution in [0.5, 0.6) is 0 Å². The Morgan fingerprint density at radius 3 is 1.70 bits per heavy atom. The van der Waals surface area contributed by atoms with Gasteiger partial charge in [-0.25, -0.2) is 0 Å². The molecule has 0 N–H and O–H groups in total. The van der Waals surface area contributed by atoms with Gasteiger partial charge in [0.1, 0.15) is 0 Å². The van der Waals surface area contributed by atoms with Crippen molar-refractivity contribution in [1.82, 2.24) is 0 Å². The molecule has 0 bridgehead atoms. The Labute approximate surface area is 199 Å². The molecule has 0 nitrogen and oxygen atoms in total. The first-order valence-electron chi connectivity index (χ1n) is 9.49. The van der Waals surface area contributed by atoms with Crippen molar-refractivity contribution in [2.45, 2.75) is 80.2 Å². The van der Waals surface area contributed by atoms with E-state index in [0.29, 0.717) is 0 Å². The van der Waals surface area contributed by atoms with Gasteiger partial charge in [0, 0.05) is 0 Å². The van der Waals surface area contributed by atoms with Gasteiger partial charge in [0.15, 0.2) is 0 Å². The standard InChI is InChI=1S/C22H33Si.3ClH.Ti/c1-8-9-10-14-23(21-13-11-12-15(21)2)22-19(6)17(4)16(3)18(5)20(22)7;;;;/h12,23H,8-11,14H2,1-7H3;3*1H;/q;;;;+3/p-3. The summed E-state index contributed by atoms with van der Waals surface area (Å²) in [5, 5.41) is 3.54. The third kappa shape index (κ3) is 6.24. The van der Waals surface area contributed by atoms with Crippen LogP contribution in [0.15, 0.2) is 20.7 Å². The predicted molar refractivity (Wildman–Crippen MR) is 107 cm³/mol. The number of hydrogen-bond donors (Lipinski definition) is 0. The fourth-order valence-corrected chi connectivity index (χ4v) is 9.81. The molecule has 0 spiro atoms. The number of rotatable bonds is 6. The Hall–Kier alpha value is 0.501. The second-order valence-corrected chi connectivity index (χ2v) is 11.4. The summed E-state index contributed by atoms with van der Waals surface area (Å²) < 4.78 is 1.65. The van der Waals surface area contributed by atoms with Gasteiger partial charge in [0.05, 0.1) is 0 Å². The molecule has 0 heterocycles. The fourth-order valence-electron chi connectivity index (χ4n) is 4.28. The van der Waals surface area contributed by atoms with Gasteiger partial charge in [-0.15, -0.1) is 0 Å². The SMILES string of the molecule is CCCCC[SiH](C1=[C]([Ti+3])CC=C1C)c1c(C)c(C)c(C)c(C)c1C.[Cl-].[Cl-].[Cl-]. The summed E-state index contributed by atoms with van der Waals surface area (Å²) in [6, 6.07) is 1.43. The zero-order valence-electron chi connectivity index (χ0n) is 17.8. The van der Waals surface area contributed by atoms with Crippen LogP contribution in [0.2, 0.25) is 6.04 Å². The van der Waals surface area contributed by atoms with Gasteiger partial charge in [0.25, 0.3) is 0 Å². The summed E-state index contributed by atoms with van der Waals surface area (Å²) in [7, 11) is -1.14. The van der Waals surface area contributed by atoms with Crippen molar-refractivity contribution in [3.8, 4) is 0 Å². The van der Waals surface area contributed by atoms with E-state index in [1.165, 1.54) is 48.4 Å². The van der Waals surface area contributed by atoms with Crippen molar-refractivity contribution in [3.63, 3.8) is 0 Å². The van der Waals surface area contributed by atoms with E-state index < -0.39 is 8.80 Å². The van der Waals surface area contributed by atoms with Crippen molar-refractivity contribution in [2.75, 3.05) is 0 Å². The summed E-state index contributed by atoms with van der Waals surface area (Å²) >= 11 is 2.38. The number of hydrogen-bond acceptors (Lipinski definition) is 0. The molecule has 0 aromatic heterocycles. The predicted octanol–water partition coefficient (Wildman–Crippen LogP) is -3.44. The Bertz CT molecular complexity index is 679. The van der Waals surface area contributed by atoms with Crippen LogP contribution in [0.25, 0.3) is 0 Å². The molecular formula is C22H33Cl3SiTi. The van der Waals surface area contributed by atoms with Crippen molar-refractivity contribution in [2.24, 2.45) is 0 Å². The molecule has 0 amide bonds. The second-order valence-electron chi connectivity index (χ2n) is 7.57. The average molecular weight is 480 g/mol. The van der Waals surface area contributed by atoms with Gasteiger partial charge < -0.3 is 37.2 Å². The maximum atomic E-state index is 2.46.